The lowest BCUT2D eigenvalue weighted by Crippen LogP contribution is -2.50. The van der Waals surface area contributed by atoms with E-state index < -0.39 is 23.3 Å². The minimum Gasteiger partial charge on any atom is -0.478 e. The van der Waals surface area contributed by atoms with Gasteiger partial charge in [-0.3, -0.25) is 0 Å². The van der Waals surface area contributed by atoms with Crippen LogP contribution in [-0.4, -0.2) is 48.7 Å². The highest BCUT2D eigenvalue weighted by atomic mass is 19.4. The minimum atomic E-state index is -4.68. The van der Waals surface area contributed by atoms with E-state index in [4.69, 9.17) is 5.11 Å². The lowest BCUT2D eigenvalue weighted by Gasteiger charge is -2.40. The van der Waals surface area contributed by atoms with Crippen molar-refractivity contribution in [2.24, 2.45) is 0 Å². The van der Waals surface area contributed by atoms with Gasteiger partial charge in [0.1, 0.15) is 0 Å². The first kappa shape index (κ1) is 15.6. The van der Waals surface area contributed by atoms with Crippen LogP contribution in [0.5, 0.6) is 0 Å². The zero-order valence-corrected chi connectivity index (χ0v) is 11.8. The summed E-state index contributed by atoms with van der Waals surface area (Å²) < 4.78 is 39.1. The van der Waals surface area contributed by atoms with Crippen molar-refractivity contribution in [2.45, 2.75) is 19.1 Å². The van der Waals surface area contributed by atoms with Gasteiger partial charge in [0.15, 0.2) is 0 Å². The number of halogens is 3. The Morgan fingerprint density at radius 3 is 2.52 bits per heavy atom. The molecule has 0 bridgehead atoms. The van der Waals surface area contributed by atoms with Crippen molar-refractivity contribution >= 4 is 11.7 Å². The van der Waals surface area contributed by atoms with E-state index in [1.54, 1.807) is 0 Å². The number of nitrogens with zero attached hydrogens (tertiary/aromatic N) is 2. The molecule has 21 heavy (non-hydrogen) atoms. The van der Waals surface area contributed by atoms with Gasteiger partial charge in [-0.15, -0.1) is 0 Å². The number of piperazine rings is 1. The maximum Gasteiger partial charge on any atom is 0.417 e. The highest BCUT2D eigenvalue weighted by Gasteiger charge is 2.36. The van der Waals surface area contributed by atoms with Gasteiger partial charge in [-0.05, 0) is 32.2 Å². The average molecular weight is 302 g/mol. The number of carbonyl (C=O) groups is 1. The van der Waals surface area contributed by atoms with Gasteiger partial charge in [0, 0.05) is 31.4 Å². The molecule has 1 aromatic rings. The van der Waals surface area contributed by atoms with E-state index in [1.807, 2.05) is 18.9 Å². The maximum atomic E-state index is 13.0. The van der Waals surface area contributed by atoms with Crippen LogP contribution in [0.15, 0.2) is 18.2 Å². The fourth-order valence-electron chi connectivity index (χ4n) is 2.66. The minimum absolute atomic E-state index is 0.0699. The molecule has 1 aromatic carbocycles. The Labute approximate surface area is 120 Å². The molecule has 0 amide bonds. The predicted molar refractivity (Wildman–Crippen MR) is 72.7 cm³/mol. The number of hydrogen-bond acceptors (Lipinski definition) is 3. The molecule has 0 saturated carbocycles. The van der Waals surface area contributed by atoms with Gasteiger partial charge in [0.05, 0.1) is 11.1 Å². The highest BCUT2D eigenvalue weighted by molar-refractivity contribution is 5.90. The Morgan fingerprint density at radius 1 is 1.33 bits per heavy atom. The monoisotopic (exact) mass is 302 g/mol. The molecule has 0 aromatic heterocycles. The van der Waals surface area contributed by atoms with E-state index in [9.17, 15) is 18.0 Å². The lowest BCUT2D eigenvalue weighted by atomic mass is 10.0. The van der Waals surface area contributed by atoms with Gasteiger partial charge in [0.2, 0.25) is 0 Å². The standard InChI is InChI=1S/C14H17F3N2O2/c1-9-8-18(2)5-6-19(9)10-3-4-11(13(20)21)12(7-10)14(15,16)17/h3-4,7,9H,5-6,8H2,1-2H3,(H,20,21). The third-order valence-corrected chi connectivity index (χ3v) is 3.70. The number of carboxylic acid groups (broad SMARTS) is 1. The molecule has 1 aliphatic heterocycles. The molecule has 1 heterocycles. The molecule has 1 unspecified atom stereocenters. The molecule has 7 heteroatoms. The topological polar surface area (TPSA) is 43.8 Å². The van der Waals surface area contributed by atoms with E-state index in [0.29, 0.717) is 12.2 Å². The molecule has 1 fully saturated rings. The maximum absolute atomic E-state index is 13.0. The fraction of sp³-hybridized carbons (Fsp3) is 0.500. The van der Waals surface area contributed by atoms with Gasteiger partial charge in [0.25, 0.3) is 0 Å². The first-order chi connectivity index (χ1) is 9.70. The molecule has 1 aliphatic rings. The summed E-state index contributed by atoms with van der Waals surface area (Å²) in [5, 5.41) is 8.90. The molecule has 0 aliphatic carbocycles. The fourth-order valence-corrected chi connectivity index (χ4v) is 2.66. The summed E-state index contributed by atoms with van der Waals surface area (Å²) >= 11 is 0. The molecule has 4 nitrogen and oxygen atoms in total. The van der Waals surface area contributed by atoms with Crippen LogP contribution in [0.4, 0.5) is 18.9 Å². The average Bonchev–Trinajstić information content (AvgIpc) is 2.37. The molecule has 1 atom stereocenters. The van der Waals surface area contributed by atoms with Crippen molar-refractivity contribution in [1.82, 2.24) is 4.90 Å². The van der Waals surface area contributed by atoms with E-state index in [-0.39, 0.29) is 6.04 Å². The van der Waals surface area contributed by atoms with Gasteiger partial charge in [-0.25, -0.2) is 4.79 Å². The van der Waals surface area contributed by atoms with Crippen molar-refractivity contribution in [3.8, 4) is 0 Å². The number of anilines is 1. The Hall–Kier alpha value is -1.76. The van der Waals surface area contributed by atoms with Gasteiger partial charge < -0.3 is 14.9 Å². The van der Waals surface area contributed by atoms with Crippen LogP contribution >= 0.6 is 0 Å². The van der Waals surface area contributed by atoms with Crippen molar-refractivity contribution in [3.63, 3.8) is 0 Å². The van der Waals surface area contributed by atoms with Crippen LogP contribution < -0.4 is 4.90 Å². The molecular weight excluding hydrogens is 285 g/mol. The van der Waals surface area contributed by atoms with E-state index in [1.165, 1.54) is 6.07 Å². The summed E-state index contributed by atoms with van der Waals surface area (Å²) in [6.45, 7) is 4.06. The highest BCUT2D eigenvalue weighted by Crippen LogP contribution is 2.35. The van der Waals surface area contributed by atoms with E-state index >= 15 is 0 Å². The lowest BCUT2D eigenvalue weighted by molar-refractivity contribution is -0.138. The number of likely N-dealkylation sites (N-methyl/N-ethyl adjacent to an activating group) is 1. The van der Waals surface area contributed by atoms with E-state index in [0.717, 1.165) is 25.2 Å². The van der Waals surface area contributed by atoms with Gasteiger partial charge in [-0.2, -0.15) is 13.2 Å². The van der Waals surface area contributed by atoms with Crippen molar-refractivity contribution in [3.05, 3.63) is 29.3 Å². The summed E-state index contributed by atoms with van der Waals surface area (Å²) in [5.41, 5.74) is -1.40. The number of carboxylic acids is 1. The van der Waals surface area contributed by atoms with E-state index in [2.05, 4.69) is 4.90 Å². The molecule has 1 N–H and O–H groups in total. The summed E-state index contributed by atoms with van der Waals surface area (Å²) in [6.07, 6.45) is -4.68. The second kappa shape index (κ2) is 5.55. The van der Waals surface area contributed by atoms with Crippen molar-refractivity contribution in [1.29, 1.82) is 0 Å². The van der Waals surface area contributed by atoms with Crippen LogP contribution in [0, 0.1) is 0 Å². The second-order valence-electron chi connectivity index (χ2n) is 5.34. The molecule has 0 spiro atoms. The Balaban J connectivity index is 2.40. The predicted octanol–water partition coefficient (Wildman–Crippen LogP) is 2.54. The molecular formula is C14H17F3N2O2. The largest absolute Gasteiger partial charge is 0.478 e. The number of aromatic carboxylic acids is 1. The zero-order chi connectivity index (χ0) is 15.8. The van der Waals surface area contributed by atoms with Crippen LogP contribution in [0.2, 0.25) is 0 Å². The van der Waals surface area contributed by atoms with Gasteiger partial charge >= 0.3 is 12.1 Å². The smallest absolute Gasteiger partial charge is 0.417 e. The first-order valence-corrected chi connectivity index (χ1v) is 6.60. The van der Waals surface area contributed by atoms with Crippen LogP contribution in [0.25, 0.3) is 0 Å². The van der Waals surface area contributed by atoms with Crippen molar-refractivity contribution in [2.75, 3.05) is 31.6 Å². The van der Waals surface area contributed by atoms with Crippen LogP contribution in [-0.2, 0) is 6.18 Å². The quantitative estimate of drug-likeness (QED) is 0.912. The van der Waals surface area contributed by atoms with Crippen LogP contribution in [0.3, 0.4) is 0 Å². The molecule has 2 rings (SSSR count). The normalized spacial score (nSPS) is 20.6. The van der Waals surface area contributed by atoms with Crippen molar-refractivity contribution < 1.29 is 23.1 Å². The molecule has 0 radical (unpaired) electrons. The Morgan fingerprint density at radius 2 is 2.00 bits per heavy atom. The molecule has 1 saturated heterocycles. The number of alkyl halides is 3. The summed E-state index contributed by atoms with van der Waals surface area (Å²) in [4.78, 5) is 14.9. The Kier molecular flexibility index (Phi) is 4.13. The Bertz CT molecular complexity index is 546. The first-order valence-electron chi connectivity index (χ1n) is 6.60. The van der Waals surface area contributed by atoms with Crippen LogP contribution in [0.1, 0.15) is 22.8 Å². The van der Waals surface area contributed by atoms with Gasteiger partial charge in [-0.1, -0.05) is 0 Å². The number of hydrogen-bond donors (Lipinski definition) is 1. The SMILES string of the molecule is CC1CN(C)CCN1c1ccc(C(=O)O)c(C(F)(F)F)c1. The zero-order valence-electron chi connectivity index (χ0n) is 11.8. The second-order valence-corrected chi connectivity index (χ2v) is 5.34. The third-order valence-electron chi connectivity index (χ3n) is 3.70. The summed E-state index contributed by atoms with van der Waals surface area (Å²) in [7, 11) is 1.96. The number of rotatable bonds is 2. The third kappa shape index (κ3) is 3.29. The number of benzene rings is 1. The summed E-state index contributed by atoms with van der Waals surface area (Å²) in [5.74, 6) is -1.57. The summed E-state index contributed by atoms with van der Waals surface area (Å²) in [6, 6.07) is 3.48. The molecule has 116 valence electrons.